The molecular weight excluding hydrogens is 216 g/mol. The van der Waals surface area contributed by atoms with Crippen molar-refractivity contribution < 1.29 is 9.59 Å². The minimum atomic E-state index is -0.205. The van der Waals surface area contributed by atoms with Crippen molar-refractivity contribution in [2.75, 3.05) is 6.54 Å². The van der Waals surface area contributed by atoms with Gasteiger partial charge < -0.3 is 10.6 Å². The minimum Gasteiger partial charge on any atom is -0.370 e. The second-order valence-electron chi connectivity index (χ2n) is 4.98. The number of carbonyl (C=O) groups is 2. The summed E-state index contributed by atoms with van der Waals surface area (Å²) in [5, 5.41) is 0. The van der Waals surface area contributed by atoms with Crippen LogP contribution >= 0.6 is 0 Å². The summed E-state index contributed by atoms with van der Waals surface area (Å²) in [4.78, 5) is 23.9. The number of carbonyl (C=O) groups excluding carboxylic acids is 2. The number of hydrogen-bond acceptors (Lipinski definition) is 2. The zero-order valence-corrected chi connectivity index (χ0v) is 10.8. The second-order valence-corrected chi connectivity index (χ2v) is 4.98. The normalized spacial score (nSPS) is 18.2. The van der Waals surface area contributed by atoms with E-state index in [9.17, 15) is 9.59 Å². The Bertz CT molecular complexity index is 266. The number of rotatable bonds is 9. The van der Waals surface area contributed by atoms with Gasteiger partial charge in [-0.2, -0.15) is 0 Å². The van der Waals surface area contributed by atoms with Crippen LogP contribution < -0.4 is 5.73 Å². The average Bonchev–Trinajstić information content (AvgIpc) is 2.99. The van der Waals surface area contributed by atoms with Crippen molar-refractivity contribution in [1.82, 2.24) is 4.90 Å². The number of nitrogens with two attached hydrogens (primary N) is 1. The number of primary amides is 1. The van der Waals surface area contributed by atoms with Crippen molar-refractivity contribution in [3.05, 3.63) is 0 Å². The molecule has 1 unspecified atom stereocenters. The van der Waals surface area contributed by atoms with Crippen LogP contribution in [-0.2, 0) is 9.59 Å². The third kappa shape index (κ3) is 6.29. The summed E-state index contributed by atoms with van der Waals surface area (Å²) in [5.41, 5.74) is 5.05. The molecule has 1 heterocycles. The molecule has 17 heavy (non-hydrogen) atoms. The Morgan fingerprint density at radius 1 is 1.06 bits per heavy atom. The molecule has 2 amide bonds. The first-order valence-corrected chi connectivity index (χ1v) is 6.69. The molecule has 0 radical (unpaired) electrons. The quantitative estimate of drug-likeness (QED) is 0.493. The van der Waals surface area contributed by atoms with Crippen LogP contribution in [0.1, 0.15) is 58.3 Å². The Morgan fingerprint density at radius 2 is 1.53 bits per heavy atom. The van der Waals surface area contributed by atoms with Gasteiger partial charge in [-0.05, 0) is 19.8 Å². The predicted molar refractivity (Wildman–Crippen MR) is 67.3 cm³/mol. The van der Waals surface area contributed by atoms with Crippen LogP contribution in [0.2, 0.25) is 0 Å². The van der Waals surface area contributed by atoms with E-state index in [0.29, 0.717) is 24.8 Å². The van der Waals surface area contributed by atoms with Crippen LogP contribution in [-0.4, -0.2) is 29.3 Å². The van der Waals surface area contributed by atoms with Crippen molar-refractivity contribution in [3.63, 3.8) is 0 Å². The molecule has 1 rings (SSSR count). The summed E-state index contributed by atoms with van der Waals surface area (Å²) < 4.78 is 0. The fourth-order valence-electron chi connectivity index (χ4n) is 2.01. The summed E-state index contributed by atoms with van der Waals surface area (Å²) in [6.07, 6.45) is 7.59. The molecule has 0 aromatic heterocycles. The lowest BCUT2D eigenvalue weighted by molar-refractivity contribution is -0.126. The van der Waals surface area contributed by atoms with Crippen LogP contribution in [0.25, 0.3) is 0 Å². The SMILES string of the molecule is CC1CN1C(=O)CCCCCCCCC(N)=O. The van der Waals surface area contributed by atoms with E-state index in [4.69, 9.17) is 5.73 Å². The summed E-state index contributed by atoms with van der Waals surface area (Å²) in [5.74, 6) is 0.106. The summed E-state index contributed by atoms with van der Waals surface area (Å²) in [6.45, 7) is 3.03. The van der Waals surface area contributed by atoms with Gasteiger partial charge in [-0.15, -0.1) is 0 Å². The van der Waals surface area contributed by atoms with Crippen LogP contribution in [0.15, 0.2) is 0 Å². The van der Waals surface area contributed by atoms with E-state index in [1.807, 2.05) is 4.90 Å². The Morgan fingerprint density at radius 3 is 2.00 bits per heavy atom. The van der Waals surface area contributed by atoms with Gasteiger partial charge >= 0.3 is 0 Å². The molecule has 0 aliphatic carbocycles. The molecule has 0 aromatic carbocycles. The number of hydrogen-bond donors (Lipinski definition) is 1. The van der Waals surface area contributed by atoms with E-state index >= 15 is 0 Å². The summed E-state index contributed by atoms with van der Waals surface area (Å²) in [6, 6.07) is 0.483. The van der Waals surface area contributed by atoms with Gasteiger partial charge in [0.2, 0.25) is 11.8 Å². The third-order valence-electron chi connectivity index (χ3n) is 3.24. The molecule has 0 bridgehead atoms. The maximum Gasteiger partial charge on any atom is 0.222 e. The van der Waals surface area contributed by atoms with Crippen LogP contribution in [0.4, 0.5) is 0 Å². The predicted octanol–water partition coefficient (Wildman–Crippen LogP) is 1.82. The maximum atomic E-state index is 11.5. The van der Waals surface area contributed by atoms with Crippen LogP contribution in [0, 0.1) is 0 Å². The molecule has 1 saturated heterocycles. The van der Waals surface area contributed by atoms with Gasteiger partial charge in [0.25, 0.3) is 0 Å². The molecule has 98 valence electrons. The molecule has 1 atom stereocenters. The smallest absolute Gasteiger partial charge is 0.222 e. The first-order chi connectivity index (χ1) is 8.11. The van der Waals surface area contributed by atoms with Crippen molar-refractivity contribution in [1.29, 1.82) is 0 Å². The van der Waals surface area contributed by atoms with Gasteiger partial charge in [0, 0.05) is 25.4 Å². The standard InChI is InChI=1S/C13H24N2O2/c1-11-10-15(11)13(17)9-7-5-3-2-4-6-8-12(14)16/h11H,2-10H2,1H3,(H2,14,16). The van der Waals surface area contributed by atoms with Gasteiger partial charge in [-0.25, -0.2) is 0 Å². The topological polar surface area (TPSA) is 63.2 Å². The molecule has 1 fully saturated rings. The molecular formula is C13H24N2O2. The van der Waals surface area contributed by atoms with E-state index in [-0.39, 0.29) is 5.91 Å². The monoisotopic (exact) mass is 240 g/mol. The van der Waals surface area contributed by atoms with E-state index in [1.54, 1.807) is 0 Å². The fraction of sp³-hybridized carbons (Fsp3) is 0.846. The maximum absolute atomic E-state index is 11.5. The zero-order valence-electron chi connectivity index (χ0n) is 10.8. The summed E-state index contributed by atoms with van der Waals surface area (Å²) in [7, 11) is 0. The minimum absolute atomic E-state index is 0.205. The van der Waals surface area contributed by atoms with Gasteiger partial charge in [0.05, 0.1) is 0 Å². The van der Waals surface area contributed by atoms with Crippen molar-refractivity contribution in [2.24, 2.45) is 5.73 Å². The Hall–Kier alpha value is -1.06. The highest BCUT2D eigenvalue weighted by atomic mass is 16.2. The number of amides is 2. The summed E-state index contributed by atoms with van der Waals surface area (Å²) >= 11 is 0. The zero-order chi connectivity index (χ0) is 12.7. The lowest BCUT2D eigenvalue weighted by Crippen LogP contribution is -2.11. The first kappa shape index (κ1) is 14.0. The lowest BCUT2D eigenvalue weighted by atomic mass is 10.1. The van der Waals surface area contributed by atoms with E-state index < -0.39 is 0 Å². The molecule has 2 N–H and O–H groups in total. The molecule has 0 saturated carbocycles. The molecule has 1 aliphatic rings. The number of nitrogens with zero attached hydrogens (tertiary/aromatic N) is 1. The van der Waals surface area contributed by atoms with E-state index in [0.717, 1.165) is 45.1 Å². The van der Waals surface area contributed by atoms with Crippen LogP contribution in [0.3, 0.4) is 0 Å². The van der Waals surface area contributed by atoms with Gasteiger partial charge in [0.1, 0.15) is 0 Å². The van der Waals surface area contributed by atoms with E-state index in [1.165, 1.54) is 0 Å². The Kier molecular flexibility index (Phi) is 6.01. The second kappa shape index (κ2) is 7.30. The van der Waals surface area contributed by atoms with Crippen molar-refractivity contribution in [2.45, 2.75) is 64.3 Å². The van der Waals surface area contributed by atoms with Crippen molar-refractivity contribution >= 4 is 11.8 Å². The molecule has 0 spiro atoms. The van der Waals surface area contributed by atoms with Gasteiger partial charge in [-0.1, -0.05) is 25.7 Å². The molecule has 1 aliphatic heterocycles. The lowest BCUT2D eigenvalue weighted by Gasteiger charge is -2.03. The van der Waals surface area contributed by atoms with E-state index in [2.05, 4.69) is 6.92 Å². The highest BCUT2D eigenvalue weighted by Gasteiger charge is 2.32. The Labute approximate surface area is 104 Å². The van der Waals surface area contributed by atoms with Crippen LogP contribution in [0.5, 0.6) is 0 Å². The molecule has 0 aromatic rings. The Balaban J connectivity index is 1.81. The first-order valence-electron chi connectivity index (χ1n) is 6.69. The van der Waals surface area contributed by atoms with Gasteiger partial charge in [0.15, 0.2) is 0 Å². The third-order valence-corrected chi connectivity index (χ3v) is 3.24. The molecule has 4 nitrogen and oxygen atoms in total. The highest BCUT2D eigenvalue weighted by Crippen LogP contribution is 2.18. The number of unbranched alkanes of at least 4 members (excludes halogenated alkanes) is 5. The van der Waals surface area contributed by atoms with Crippen molar-refractivity contribution in [3.8, 4) is 0 Å². The average molecular weight is 240 g/mol. The molecule has 4 heteroatoms. The van der Waals surface area contributed by atoms with Gasteiger partial charge in [-0.3, -0.25) is 9.59 Å². The largest absolute Gasteiger partial charge is 0.370 e. The highest BCUT2D eigenvalue weighted by molar-refractivity contribution is 5.78. The fourth-order valence-corrected chi connectivity index (χ4v) is 2.01.